The van der Waals surface area contributed by atoms with Gasteiger partial charge in [-0.1, -0.05) is 30.1 Å². The maximum Gasteiger partial charge on any atom is 0.256 e. The van der Waals surface area contributed by atoms with E-state index >= 15 is 0 Å². The summed E-state index contributed by atoms with van der Waals surface area (Å²) >= 11 is 12.0. The molecule has 3 nitrogen and oxygen atoms in total. The molecule has 1 aromatic carbocycles. The van der Waals surface area contributed by atoms with Gasteiger partial charge in [0, 0.05) is 17.5 Å². The van der Waals surface area contributed by atoms with Gasteiger partial charge in [0.05, 0.1) is 16.6 Å². The van der Waals surface area contributed by atoms with Gasteiger partial charge in [0.1, 0.15) is 0 Å². The smallest absolute Gasteiger partial charge is 0.256 e. The zero-order valence-electron chi connectivity index (χ0n) is 11.1. The number of amides is 1. The molecule has 1 aliphatic carbocycles. The highest BCUT2D eigenvalue weighted by Crippen LogP contribution is 2.49. The third kappa shape index (κ3) is 2.23. The number of likely N-dealkylation sites (tertiary alicyclic amines) is 1. The Morgan fingerprint density at radius 3 is 2.70 bits per heavy atom. The number of rotatable bonds is 3. The van der Waals surface area contributed by atoms with Gasteiger partial charge in [-0.3, -0.25) is 9.59 Å². The van der Waals surface area contributed by atoms with Gasteiger partial charge in [-0.15, -0.1) is 0 Å². The van der Waals surface area contributed by atoms with Gasteiger partial charge in [0.25, 0.3) is 5.91 Å². The molecule has 106 valence electrons. The highest BCUT2D eigenvalue weighted by atomic mass is 35.5. The van der Waals surface area contributed by atoms with E-state index in [0.29, 0.717) is 27.9 Å². The Labute approximate surface area is 127 Å². The lowest BCUT2D eigenvalue weighted by atomic mass is 10.0. The molecule has 1 amide bonds. The second-order valence-corrected chi connectivity index (χ2v) is 6.31. The van der Waals surface area contributed by atoms with Crippen molar-refractivity contribution in [1.29, 1.82) is 0 Å². The van der Waals surface area contributed by atoms with Gasteiger partial charge >= 0.3 is 0 Å². The van der Waals surface area contributed by atoms with E-state index in [-0.39, 0.29) is 23.8 Å². The molecule has 1 saturated heterocycles. The minimum Gasteiger partial charge on any atom is -0.325 e. The molecule has 0 aromatic heterocycles. The van der Waals surface area contributed by atoms with E-state index in [2.05, 4.69) is 0 Å². The van der Waals surface area contributed by atoms with E-state index in [1.165, 1.54) is 0 Å². The van der Waals surface area contributed by atoms with Gasteiger partial charge in [-0.25, -0.2) is 0 Å². The summed E-state index contributed by atoms with van der Waals surface area (Å²) in [5, 5.41) is 0.841. The number of ketones is 1. The van der Waals surface area contributed by atoms with Crippen LogP contribution < -0.4 is 0 Å². The largest absolute Gasteiger partial charge is 0.325 e. The summed E-state index contributed by atoms with van der Waals surface area (Å²) < 4.78 is 0. The number of halogens is 2. The molecule has 3 rings (SSSR count). The second-order valence-electron chi connectivity index (χ2n) is 5.47. The van der Waals surface area contributed by atoms with Crippen LogP contribution >= 0.6 is 23.2 Å². The average Bonchev–Trinajstić information content (AvgIpc) is 3.08. The molecule has 1 aromatic rings. The van der Waals surface area contributed by atoms with Crippen LogP contribution in [0.4, 0.5) is 0 Å². The lowest BCUT2D eigenvalue weighted by molar-refractivity contribution is -0.122. The number of benzene rings is 1. The normalized spacial score (nSPS) is 27.4. The first kappa shape index (κ1) is 13.9. The van der Waals surface area contributed by atoms with Crippen molar-refractivity contribution >= 4 is 34.9 Å². The number of carbonyl (C=O) groups is 2. The fourth-order valence-electron chi connectivity index (χ4n) is 3.07. The molecule has 0 spiro atoms. The summed E-state index contributed by atoms with van der Waals surface area (Å²) in [6.07, 6.45) is 2.26. The van der Waals surface area contributed by atoms with E-state index in [4.69, 9.17) is 23.2 Å². The molecule has 1 aliphatic heterocycles. The minimum atomic E-state index is -0.275. The van der Waals surface area contributed by atoms with E-state index in [9.17, 15) is 9.59 Å². The SMILES string of the molecule is CCC(=O)[C@@H]1C[C@@H]2C[C@@H]2N1C(=O)c1ccc(Cl)cc1Cl. The Balaban J connectivity index is 1.90. The Morgan fingerprint density at radius 1 is 1.30 bits per heavy atom. The number of piperidine rings is 1. The third-order valence-electron chi connectivity index (χ3n) is 4.22. The predicted octanol–water partition coefficient (Wildman–Crippen LogP) is 3.58. The second kappa shape index (κ2) is 5.05. The lowest BCUT2D eigenvalue weighted by Gasteiger charge is -2.26. The molecular weight excluding hydrogens is 297 g/mol. The molecule has 2 fully saturated rings. The van der Waals surface area contributed by atoms with Gasteiger partial charge in [-0.05, 0) is 37.0 Å². The molecular formula is C15H15Cl2NO2. The molecule has 1 saturated carbocycles. The van der Waals surface area contributed by atoms with Crippen molar-refractivity contribution < 1.29 is 9.59 Å². The molecule has 0 bridgehead atoms. The zero-order chi connectivity index (χ0) is 14.4. The summed E-state index contributed by atoms with van der Waals surface area (Å²) in [4.78, 5) is 26.5. The molecule has 3 atom stereocenters. The Hall–Kier alpha value is -1.06. The fourth-order valence-corrected chi connectivity index (χ4v) is 3.56. The van der Waals surface area contributed by atoms with Crippen molar-refractivity contribution in [3.05, 3.63) is 33.8 Å². The first-order valence-corrected chi connectivity index (χ1v) is 7.59. The van der Waals surface area contributed by atoms with Crippen molar-refractivity contribution in [3.8, 4) is 0 Å². The number of nitrogens with zero attached hydrogens (tertiary/aromatic N) is 1. The van der Waals surface area contributed by atoms with Crippen LogP contribution in [0.2, 0.25) is 10.0 Å². The monoisotopic (exact) mass is 311 g/mol. The Bertz CT molecular complexity index is 587. The molecule has 20 heavy (non-hydrogen) atoms. The van der Waals surface area contributed by atoms with Crippen molar-refractivity contribution in [2.45, 2.75) is 38.3 Å². The van der Waals surface area contributed by atoms with Crippen molar-refractivity contribution in [2.24, 2.45) is 5.92 Å². The van der Waals surface area contributed by atoms with Crippen LogP contribution in [0.5, 0.6) is 0 Å². The minimum absolute atomic E-state index is 0.135. The van der Waals surface area contributed by atoms with Crippen molar-refractivity contribution in [3.63, 3.8) is 0 Å². The topological polar surface area (TPSA) is 37.4 Å². The molecule has 0 radical (unpaired) electrons. The van der Waals surface area contributed by atoms with E-state index in [0.717, 1.165) is 12.8 Å². The van der Waals surface area contributed by atoms with Crippen LogP contribution in [-0.4, -0.2) is 28.7 Å². The number of Topliss-reactive ketones (excluding diaryl/α,β-unsaturated/α-hetero) is 1. The van der Waals surface area contributed by atoms with Crippen LogP contribution in [0.25, 0.3) is 0 Å². The summed E-state index contributed by atoms with van der Waals surface area (Å²) in [5.41, 5.74) is 0.428. The average molecular weight is 312 g/mol. The maximum absolute atomic E-state index is 12.7. The highest BCUT2D eigenvalue weighted by Gasteiger charge is 2.55. The molecule has 1 heterocycles. The number of hydrogen-bond donors (Lipinski definition) is 0. The van der Waals surface area contributed by atoms with Crippen LogP contribution in [0.15, 0.2) is 18.2 Å². The number of hydrogen-bond acceptors (Lipinski definition) is 2. The van der Waals surface area contributed by atoms with Crippen LogP contribution in [0.3, 0.4) is 0 Å². The standard InChI is InChI=1S/C15H15Cl2NO2/c1-2-14(19)13-6-8-5-12(8)18(13)15(20)10-4-3-9(16)7-11(10)17/h3-4,7-8,12-13H,2,5-6H2,1H3/t8-,12-,13-/m0/s1. The van der Waals surface area contributed by atoms with Crippen molar-refractivity contribution in [2.75, 3.05) is 0 Å². The quantitative estimate of drug-likeness (QED) is 0.855. The van der Waals surface area contributed by atoms with Gasteiger partial charge in [0.2, 0.25) is 0 Å². The van der Waals surface area contributed by atoms with Gasteiger partial charge < -0.3 is 4.90 Å². The van der Waals surface area contributed by atoms with E-state index in [1.54, 1.807) is 23.1 Å². The van der Waals surface area contributed by atoms with Crippen molar-refractivity contribution in [1.82, 2.24) is 4.90 Å². The highest BCUT2D eigenvalue weighted by molar-refractivity contribution is 6.36. The van der Waals surface area contributed by atoms with Gasteiger partial charge in [0.15, 0.2) is 5.78 Å². The van der Waals surface area contributed by atoms with Crippen LogP contribution in [-0.2, 0) is 4.79 Å². The van der Waals surface area contributed by atoms with Crippen LogP contribution in [0.1, 0.15) is 36.5 Å². The summed E-state index contributed by atoms with van der Waals surface area (Å²) in [6.45, 7) is 1.84. The Kier molecular flexibility index (Phi) is 3.51. The lowest BCUT2D eigenvalue weighted by Crippen LogP contribution is -2.43. The summed E-state index contributed by atoms with van der Waals surface area (Å²) in [7, 11) is 0. The van der Waals surface area contributed by atoms with Gasteiger partial charge in [-0.2, -0.15) is 0 Å². The summed E-state index contributed by atoms with van der Waals surface area (Å²) in [5.74, 6) is 0.477. The molecule has 0 N–H and O–H groups in total. The first-order chi connectivity index (χ1) is 9.52. The third-order valence-corrected chi connectivity index (χ3v) is 4.77. The fraction of sp³-hybridized carbons (Fsp3) is 0.467. The number of fused-ring (bicyclic) bond motifs is 1. The zero-order valence-corrected chi connectivity index (χ0v) is 12.6. The molecule has 2 aliphatic rings. The van der Waals surface area contributed by atoms with E-state index < -0.39 is 0 Å². The first-order valence-electron chi connectivity index (χ1n) is 6.83. The number of carbonyl (C=O) groups excluding carboxylic acids is 2. The summed E-state index contributed by atoms with van der Waals surface area (Å²) in [6, 6.07) is 4.79. The Morgan fingerprint density at radius 2 is 2.05 bits per heavy atom. The molecule has 0 unspecified atom stereocenters. The van der Waals surface area contributed by atoms with Crippen LogP contribution in [0, 0.1) is 5.92 Å². The predicted molar refractivity (Wildman–Crippen MR) is 78.2 cm³/mol. The molecule has 5 heteroatoms. The maximum atomic E-state index is 12.7. The van der Waals surface area contributed by atoms with E-state index in [1.807, 2.05) is 6.92 Å².